The molecule has 0 fully saturated rings. The van der Waals surface area contributed by atoms with Gasteiger partial charge in [0.25, 0.3) is 5.91 Å². The van der Waals surface area contributed by atoms with Crippen molar-refractivity contribution in [1.82, 2.24) is 5.32 Å². The molecule has 19 heavy (non-hydrogen) atoms. The van der Waals surface area contributed by atoms with Crippen LogP contribution in [0.1, 0.15) is 36.0 Å². The van der Waals surface area contributed by atoms with E-state index in [1.54, 1.807) is 11.4 Å². The van der Waals surface area contributed by atoms with Gasteiger partial charge in [0, 0.05) is 18.5 Å². The van der Waals surface area contributed by atoms with Gasteiger partial charge in [-0.25, -0.2) is 0 Å². The lowest BCUT2D eigenvalue weighted by molar-refractivity contribution is -0.00815. The van der Waals surface area contributed by atoms with Gasteiger partial charge in [0.05, 0.1) is 22.6 Å². The van der Waals surface area contributed by atoms with E-state index < -0.39 is 0 Å². The fourth-order valence-corrected chi connectivity index (χ4v) is 2.25. The highest BCUT2D eigenvalue weighted by Crippen LogP contribution is 2.14. The van der Waals surface area contributed by atoms with Gasteiger partial charge < -0.3 is 15.8 Å². The molecule has 4 nitrogen and oxygen atoms in total. The zero-order valence-corrected chi connectivity index (χ0v) is 12.4. The van der Waals surface area contributed by atoms with E-state index in [0.717, 1.165) is 4.88 Å². The molecule has 1 rings (SSSR count). The zero-order valence-electron chi connectivity index (χ0n) is 11.6. The Morgan fingerprint density at radius 3 is 2.95 bits per heavy atom. The van der Waals surface area contributed by atoms with Crippen molar-refractivity contribution in [1.29, 1.82) is 0 Å². The molecule has 3 N–H and O–H groups in total. The molecule has 1 aromatic rings. The van der Waals surface area contributed by atoms with E-state index in [9.17, 15) is 4.79 Å². The van der Waals surface area contributed by atoms with E-state index in [4.69, 9.17) is 10.5 Å². The quantitative estimate of drug-likeness (QED) is 0.805. The van der Waals surface area contributed by atoms with Crippen molar-refractivity contribution in [3.63, 3.8) is 0 Å². The first-order chi connectivity index (χ1) is 8.98. The van der Waals surface area contributed by atoms with Crippen LogP contribution in [0.2, 0.25) is 0 Å². The van der Waals surface area contributed by atoms with Crippen LogP contribution in [0.15, 0.2) is 11.4 Å². The summed E-state index contributed by atoms with van der Waals surface area (Å²) < 4.78 is 5.53. The van der Waals surface area contributed by atoms with Gasteiger partial charge in [0.15, 0.2) is 0 Å². The van der Waals surface area contributed by atoms with Crippen LogP contribution >= 0.6 is 11.3 Å². The van der Waals surface area contributed by atoms with Gasteiger partial charge in [-0.15, -0.1) is 11.3 Å². The van der Waals surface area contributed by atoms with Crippen molar-refractivity contribution in [3.05, 3.63) is 21.9 Å². The topological polar surface area (TPSA) is 64.3 Å². The molecule has 0 atom stereocenters. The summed E-state index contributed by atoms with van der Waals surface area (Å²) in [5.74, 6) is 5.57. The van der Waals surface area contributed by atoms with E-state index >= 15 is 0 Å². The van der Waals surface area contributed by atoms with Crippen molar-refractivity contribution < 1.29 is 9.53 Å². The monoisotopic (exact) mass is 280 g/mol. The summed E-state index contributed by atoms with van der Waals surface area (Å²) in [6.07, 6.45) is 0. The number of hydrogen-bond acceptors (Lipinski definition) is 4. The van der Waals surface area contributed by atoms with E-state index in [2.05, 4.69) is 17.2 Å². The first kappa shape index (κ1) is 15.7. The summed E-state index contributed by atoms with van der Waals surface area (Å²) in [4.78, 5) is 12.8. The molecular formula is C14H20N2O2S. The van der Waals surface area contributed by atoms with Gasteiger partial charge >= 0.3 is 0 Å². The van der Waals surface area contributed by atoms with Gasteiger partial charge in [0.1, 0.15) is 0 Å². The van der Waals surface area contributed by atoms with Gasteiger partial charge in [-0.3, -0.25) is 4.79 Å². The Bertz CT molecular complexity index is 483. The Morgan fingerprint density at radius 1 is 1.58 bits per heavy atom. The minimum absolute atomic E-state index is 0.107. The number of carbonyl (C=O) groups is 1. The first-order valence-electron chi connectivity index (χ1n) is 6.18. The number of nitrogens with two attached hydrogens (primary N) is 1. The largest absolute Gasteiger partial charge is 0.374 e. The van der Waals surface area contributed by atoms with Crippen molar-refractivity contribution >= 4 is 17.2 Å². The molecule has 0 saturated heterocycles. The van der Waals surface area contributed by atoms with Crippen LogP contribution in [0, 0.1) is 11.8 Å². The fourth-order valence-electron chi connectivity index (χ4n) is 1.50. The molecule has 0 saturated carbocycles. The van der Waals surface area contributed by atoms with E-state index in [0.29, 0.717) is 25.3 Å². The Labute approximate surface area is 118 Å². The van der Waals surface area contributed by atoms with Crippen LogP contribution in [-0.4, -0.2) is 31.2 Å². The second-order valence-electron chi connectivity index (χ2n) is 4.58. The summed E-state index contributed by atoms with van der Waals surface area (Å²) in [6, 6.07) is 1.77. The van der Waals surface area contributed by atoms with Gasteiger partial charge in [-0.05, 0) is 26.8 Å². The lowest BCUT2D eigenvalue weighted by Gasteiger charge is -2.24. The summed E-state index contributed by atoms with van der Waals surface area (Å²) >= 11 is 1.44. The molecule has 0 radical (unpaired) electrons. The summed E-state index contributed by atoms with van der Waals surface area (Å²) in [6.45, 7) is 7.25. The molecule has 0 spiro atoms. The van der Waals surface area contributed by atoms with E-state index in [-0.39, 0.29) is 11.5 Å². The third-order valence-electron chi connectivity index (χ3n) is 2.39. The maximum absolute atomic E-state index is 11.9. The van der Waals surface area contributed by atoms with Crippen LogP contribution in [0.25, 0.3) is 0 Å². The molecule has 1 amide bonds. The maximum Gasteiger partial charge on any atom is 0.252 e. The van der Waals surface area contributed by atoms with Gasteiger partial charge in [-0.2, -0.15) is 0 Å². The number of amides is 1. The smallest absolute Gasteiger partial charge is 0.252 e. The van der Waals surface area contributed by atoms with Crippen molar-refractivity contribution in [2.75, 3.05) is 19.7 Å². The maximum atomic E-state index is 11.9. The minimum Gasteiger partial charge on any atom is -0.374 e. The summed E-state index contributed by atoms with van der Waals surface area (Å²) in [7, 11) is 0. The SMILES string of the molecule is CCOC(C)(C)CNC(=O)c1csc(C#CCN)c1. The van der Waals surface area contributed by atoms with Crippen molar-refractivity contribution in [3.8, 4) is 11.8 Å². The molecule has 0 aliphatic heterocycles. The van der Waals surface area contributed by atoms with Crippen LogP contribution in [0.4, 0.5) is 0 Å². The molecule has 1 aromatic heterocycles. The zero-order chi connectivity index (χ0) is 14.3. The predicted molar refractivity (Wildman–Crippen MR) is 78.3 cm³/mol. The third kappa shape index (κ3) is 5.43. The molecule has 0 aliphatic rings. The average Bonchev–Trinajstić information content (AvgIpc) is 2.82. The van der Waals surface area contributed by atoms with Gasteiger partial charge in [0.2, 0.25) is 0 Å². The third-order valence-corrected chi connectivity index (χ3v) is 3.23. The number of nitrogens with one attached hydrogen (secondary N) is 1. The van der Waals surface area contributed by atoms with E-state index in [1.807, 2.05) is 20.8 Å². The average molecular weight is 280 g/mol. The Morgan fingerprint density at radius 2 is 2.32 bits per heavy atom. The van der Waals surface area contributed by atoms with Crippen LogP contribution < -0.4 is 11.1 Å². The standard InChI is InChI=1S/C14H20N2O2S/c1-4-18-14(2,3)10-16-13(17)11-8-12(19-9-11)6-5-7-15/h8-9H,4,7,10,15H2,1-3H3,(H,16,17). The Balaban J connectivity index is 2.56. The lowest BCUT2D eigenvalue weighted by Crippen LogP contribution is -2.40. The number of hydrogen-bond donors (Lipinski definition) is 2. The molecule has 0 aromatic carbocycles. The lowest BCUT2D eigenvalue weighted by atomic mass is 10.1. The number of ether oxygens (including phenoxy) is 1. The van der Waals surface area contributed by atoms with Crippen LogP contribution in [-0.2, 0) is 4.74 Å². The Hall–Kier alpha value is -1.35. The van der Waals surface area contributed by atoms with Crippen LogP contribution in [0.5, 0.6) is 0 Å². The highest BCUT2D eigenvalue weighted by molar-refractivity contribution is 7.10. The second kappa shape index (κ2) is 7.29. The number of rotatable bonds is 5. The van der Waals surface area contributed by atoms with Crippen molar-refractivity contribution in [2.45, 2.75) is 26.4 Å². The molecular weight excluding hydrogens is 260 g/mol. The molecule has 0 aliphatic carbocycles. The van der Waals surface area contributed by atoms with Gasteiger partial charge in [-0.1, -0.05) is 11.8 Å². The molecule has 0 unspecified atom stereocenters. The van der Waals surface area contributed by atoms with Crippen molar-refractivity contribution in [2.24, 2.45) is 5.73 Å². The predicted octanol–water partition coefficient (Wildman–Crippen LogP) is 1.60. The number of thiophene rings is 1. The summed E-state index contributed by atoms with van der Waals surface area (Å²) in [5.41, 5.74) is 5.57. The Kier molecular flexibility index (Phi) is 6.03. The highest BCUT2D eigenvalue weighted by atomic mass is 32.1. The molecule has 0 bridgehead atoms. The second-order valence-corrected chi connectivity index (χ2v) is 5.49. The minimum atomic E-state index is -0.359. The summed E-state index contributed by atoms with van der Waals surface area (Å²) in [5, 5.41) is 4.66. The molecule has 104 valence electrons. The molecule has 5 heteroatoms. The van der Waals surface area contributed by atoms with E-state index in [1.165, 1.54) is 11.3 Å². The normalized spacial score (nSPS) is 10.7. The molecule has 1 heterocycles. The fraction of sp³-hybridized carbons (Fsp3) is 0.500. The highest BCUT2D eigenvalue weighted by Gasteiger charge is 2.19. The van der Waals surface area contributed by atoms with Crippen LogP contribution in [0.3, 0.4) is 0 Å². The number of carbonyl (C=O) groups excluding carboxylic acids is 1. The first-order valence-corrected chi connectivity index (χ1v) is 7.06.